The second-order valence-electron chi connectivity index (χ2n) is 5.17. The minimum Gasteiger partial charge on any atom is -0.462 e. The summed E-state index contributed by atoms with van der Waals surface area (Å²) >= 11 is 0. The Labute approximate surface area is 135 Å². The van der Waals surface area contributed by atoms with Gasteiger partial charge in [0.15, 0.2) is 0 Å². The van der Waals surface area contributed by atoms with E-state index in [4.69, 9.17) is 10.5 Å². The molecule has 3 N–H and O–H groups in total. The molecule has 0 bridgehead atoms. The van der Waals surface area contributed by atoms with Gasteiger partial charge < -0.3 is 15.8 Å². The van der Waals surface area contributed by atoms with Gasteiger partial charge in [0.05, 0.1) is 12.2 Å². The van der Waals surface area contributed by atoms with E-state index in [0.717, 1.165) is 18.4 Å². The summed E-state index contributed by atoms with van der Waals surface area (Å²) in [6.07, 6.45) is 3.15. The number of carbonyl (C=O) groups is 1. The average Bonchev–Trinajstić information content (AvgIpc) is 2.54. The normalized spacial score (nSPS) is 11.7. The van der Waals surface area contributed by atoms with Crippen LogP contribution in [0.3, 0.4) is 0 Å². The molecule has 0 aliphatic carbocycles. The van der Waals surface area contributed by atoms with Crippen molar-refractivity contribution in [2.45, 2.75) is 32.7 Å². The molecule has 2 aromatic rings. The molecule has 1 unspecified atom stereocenters. The Morgan fingerprint density at radius 3 is 2.70 bits per heavy atom. The van der Waals surface area contributed by atoms with Gasteiger partial charge in [-0.1, -0.05) is 12.1 Å². The molecular weight excluding hydrogens is 294 g/mol. The second-order valence-corrected chi connectivity index (χ2v) is 5.17. The molecule has 122 valence electrons. The maximum absolute atomic E-state index is 11.6. The fourth-order valence-corrected chi connectivity index (χ4v) is 2.08. The first kappa shape index (κ1) is 16.7. The van der Waals surface area contributed by atoms with Crippen LogP contribution in [0, 0.1) is 0 Å². The monoisotopic (exact) mass is 315 g/mol. The van der Waals surface area contributed by atoms with Gasteiger partial charge in [-0.25, -0.2) is 14.8 Å². The van der Waals surface area contributed by atoms with Gasteiger partial charge >= 0.3 is 5.97 Å². The van der Waals surface area contributed by atoms with Gasteiger partial charge in [-0.3, -0.25) is 0 Å². The number of nitrogens with zero attached hydrogens (tertiary/aromatic N) is 3. The number of nitrogens with one attached hydrogen (secondary N) is 1. The van der Waals surface area contributed by atoms with Gasteiger partial charge in [0.1, 0.15) is 6.33 Å². The van der Waals surface area contributed by atoms with Gasteiger partial charge in [0, 0.05) is 6.04 Å². The Morgan fingerprint density at radius 2 is 2.04 bits per heavy atom. The van der Waals surface area contributed by atoms with E-state index in [1.165, 1.54) is 6.33 Å². The van der Waals surface area contributed by atoms with Crippen LogP contribution in [0.1, 0.15) is 36.2 Å². The zero-order valence-corrected chi connectivity index (χ0v) is 13.3. The van der Waals surface area contributed by atoms with Crippen molar-refractivity contribution in [2.24, 2.45) is 0 Å². The molecule has 0 saturated heterocycles. The van der Waals surface area contributed by atoms with E-state index < -0.39 is 0 Å². The first-order valence-electron chi connectivity index (χ1n) is 7.55. The number of anilines is 2. The standard InChI is InChI=1S/C16H21N5O2/c1-3-23-14(22)13-8-6-12(7-9-13)5-4-11(2)20-16-19-10-18-15(17)21-16/h6-11H,3-5H2,1-2H3,(H3,17,18,19,20,21). The van der Waals surface area contributed by atoms with Crippen molar-refractivity contribution in [3.05, 3.63) is 41.7 Å². The fraction of sp³-hybridized carbons (Fsp3) is 0.375. The minimum atomic E-state index is -0.290. The number of aromatic nitrogens is 3. The van der Waals surface area contributed by atoms with E-state index >= 15 is 0 Å². The number of hydrogen-bond donors (Lipinski definition) is 2. The van der Waals surface area contributed by atoms with Gasteiger partial charge in [0.2, 0.25) is 11.9 Å². The molecule has 1 aromatic heterocycles. The number of aryl methyl sites for hydroxylation is 1. The predicted octanol–water partition coefficient (Wildman–Crippen LogP) is 2.06. The zero-order valence-electron chi connectivity index (χ0n) is 13.3. The van der Waals surface area contributed by atoms with E-state index in [9.17, 15) is 4.79 Å². The molecule has 7 nitrogen and oxygen atoms in total. The summed E-state index contributed by atoms with van der Waals surface area (Å²) in [5.41, 5.74) is 7.25. The van der Waals surface area contributed by atoms with E-state index in [-0.39, 0.29) is 18.0 Å². The highest BCUT2D eigenvalue weighted by Gasteiger charge is 2.08. The first-order chi connectivity index (χ1) is 11.1. The van der Waals surface area contributed by atoms with E-state index in [0.29, 0.717) is 18.1 Å². The summed E-state index contributed by atoms with van der Waals surface area (Å²) in [5, 5.41) is 3.18. The van der Waals surface area contributed by atoms with Crippen LogP contribution < -0.4 is 11.1 Å². The lowest BCUT2D eigenvalue weighted by Crippen LogP contribution is -2.18. The topological polar surface area (TPSA) is 103 Å². The van der Waals surface area contributed by atoms with Crippen LogP contribution in [0.2, 0.25) is 0 Å². The van der Waals surface area contributed by atoms with Crippen LogP contribution in [-0.2, 0) is 11.2 Å². The number of carbonyl (C=O) groups excluding carboxylic acids is 1. The maximum Gasteiger partial charge on any atom is 0.338 e. The van der Waals surface area contributed by atoms with Crippen molar-refractivity contribution < 1.29 is 9.53 Å². The van der Waals surface area contributed by atoms with Gasteiger partial charge in [-0.05, 0) is 44.4 Å². The summed E-state index contributed by atoms with van der Waals surface area (Å²) in [6, 6.07) is 7.65. The van der Waals surface area contributed by atoms with Crippen molar-refractivity contribution in [3.63, 3.8) is 0 Å². The molecule has 2 rings (SSSR count). The molecule has 0 aliphatic rings. The lowest BCUT2D eigenvalue weighted by molar-refractivity contribution is 0.0526. The Kier molecular flexibility index (Phi) is 5.85. The summed E-state index contributed by atoms with van der Waals surface area (Å²) < 4.78 is 4.96. The van der Waals surface area contributed by atoms with Crippen LogP contribution in [0.4, 0.5) is 11.9 Å². The molecule has 0 amide bonds. The summed E-state index contributed by atoms with van der Waals surface area (Å²) in [7, 11) is 0. The molecule has 1 atom stereocenters. The Balaban J connectivity index is 1.84. The lowest BCUT2D eigenvalue weighted by Gasteiger charge is -2.13. The molecular formula is C16H21N5O2. The number of ether oxygens (including phenoxy) is 1. The number of nitrogen functional groups attached to an aromatic ring is 1. The van der Waals surface area contributed by atoms with Crippen LogP contribution in [0.15, 0.2) is 30.6 Å². The highest BCUT2D eigenvalue weighted by Crippen LogP contribution is 2.11. The average molecular weight is 315 g/mol. The highest BCUT2D eigenvalue weighted by molar-refractivity contribution is 5.89. The van der Waals surface area contributed by atoms with Crippen molar-refractivity contribution in [3.8, 4) is 0 Å². The van der Waals surface area contributed by atoms with E-state index in [2.05, 4.69) is 20.3 Å². The smallest absolute Gasteiger partial charge is 0.338 e. The van der Waals surface area contributed by atoms with Crippen molar-refractivity contribution >= 4 is 17.9 Å². The van der Waals surface area contributed by atoms with Gasteiger partial charge in [0.25, 0.3) is 0 Å². The van der Waals surface area contributed by atoms with Crippen LogP contribution in [0.25, 0.3) is 0 Å². The largest absolute Gasteiger partial charge is 0.462 e. The summed E-state index contributed by atoms with van der Waals surface area (Å²) in [4.78, 5) is 23.4. The Bertz CT molecular complexity index is 645. The summed E-state index contributed by atoms with van der Waals surface area (Å²) in [6.45, 7) is 4.22. The lowest BCUT2D eigenvalue weighted by atomic mass is 10.0. The van der Waals surface area contributed by atoms with Crippen LogP contribution >= 0.6 is 0 Å². The number of esters is 1. The van der Waals surface area contributed by atoms with Crippen LogP contribution in [-0.4, -0.2) is 33.6 Å². The third-order valence-corrected chi connectivity index (χ3v) is 3.30. The predicted molar refractivity (Wildman–Crippen MR) is 88.0 cm³/mol. The van der Waals surface area contributed by atoms with Crippen molar-refractivity contribution in [1.29, 1.82) is 0 Å². The molecule has 0 radical (unpaired) electrons. The first-order valence-corrected chi connectivity index (χ1v) is 7.55. The highest BCUT2D eigenvalue weighted by atomic mass is 16.5. The summed E-state index contributed by atoms with van der Waals surface area (Å²) in [5.74, 6) is 0.383. The Hall–Kier alpha value is -2.70. The van der Waals surface area contributed by atoms with Crippen molar-refractivity contribution in [1.82, 2.24) is 15.0 Å². The fourth-order valence-electron chi connectivity index (χ4n) is 2.08. The molecule has 0 fully saturated rings. The number of rotatable bonds is 7. The number of nitrogens with two attached hydrogens (primary N) is 1. The Morgan fingerprint density at radius 1 is 1.30 bits per heavy atom. The van der Waals surface area contributed by atoms with E-state index in [1.807, 2.05) is 19.1 Å². The molecule has 0 spiro atoms. The molecule has 1 aromatic carbocycles. The molecule has 7 heteroatoms. The molecule has 0 aliphatic heterocycles. The van der Waals surface area contributed by atoms with Gasteiger partial charge in [-0.15, -0.1) is 0 Å². The van der Waals surface area contributed by atoms with Crippen LogP contribution in [0.5, 0.6) is 0 Å². The van der Waals surface area contributed by atoms with E-state index in [1.54, 1.807) is 19.1 Å². The number of benzene rings is 1. The zero-order chi connectivity index (χ0) is 16.7. The molecule has 0 saturated carbocycles. The quantitative estimate of drug-likeness (QED) is 0.754. The molecule has 23 heavy (non-hydrogen) atoms. The minimum absolute atomic E-state index is 0.182. The number of hydrogen-bond acceptors (Lipinski definition) is 7. The second kappa shape index (κ2) is 8.07. The van der Waals surface area contributed by atoms with Crippen molar-refractivity contribution in [2.75, 3.05) is 17.7 Å². The third-order valence-electron chi connectivity index (χ3n) is 3.30. The molecule has 1 heterocycles. The maximum atomic E-state index is 11.6. The third kappa shape index (κ3) is 5.21. The SMILES string of the molecule is CCOC(=O)c1ccc(CCC(C)Nc2ncnc(N)n2)cc1. The van der Waals surface area contributed by atoms with Gasteiger partial charge in [-0.2, -0.15) is 4.98 Å².